The van der Waals surface area contributed by atoms with E-state index in [0.717, 1.165) is 24.1 Å². The first kappa shape index (κ1) is 40.4. The van der Waals surface area contributed by atoms with E-state index in [1.165, 1.54) is 104 Å². The number of para-hydroxylation sites is 6. The summed E-state index contributed by atoms with van der Waals surface area (Å²) < 4.78 is 7.08. The number of hydrogen-bond donors (Lipinski definition) is 0. The van der Waals surface area contributed by atoms with Crippen LogP contribution in [0.25, 0.3) is 123 Å². The standard InChI is InChI=1S/C66H47N3/c1-7-19-61-55(13-1)56-14-2-8-20-62(56)67(61)40-37-46-25-31-49(32-26-46)52-43-53(50-33-27-47(28-34-50)38-41-68-63-21-9-3-15-57(63)58-16-4-10-22-64(58)68)45-54(44-52)51-35-29-48(30-36-51)39-42-69-65-23-11-5-17-59(65)60-18-6-12-24-66(60)69/h1-38,40-41,43-45H,39,42H2/b40-37+,41-38+. The summed E-state index contributed by atoms with van der Waals surface area (Å²) in [5, 5.41) is 7.70. The summed E-state index contributed by atoms with van der Waals surface area (Å²) in [5.74, 6) is 0. The third kappa shape index (κ3) is 7.33. The van der Waals surface area contributed by atoms with Crippen molar-refractivity contribution >= 4 is 90.0 Å². The highest BCUT2D eigenvalue weighted by Gasteiger charge is 2.13. The maximum absolute atomic E-state index is 2.48. The molecule has 0 saturated carbocycles. The van der Waals surface area contributed by atoms with Crippen molar-refractivity contribution in [3.8, 4) is 33.4 Å². The molecule has 0 N–H and O–H groups in total. The first-order valence-electron chi connectivity index (χ1n) is 23.9. The van der Waals surface area contributed by atoms with Gasteiger partial charge >= 0.3 is 0 Å². The zero-order valence-corrected chi connectivity index (χ0v) is 38.1. The van der Waals surface area contributed by atoms with Gasteiger partial charge in [-0.15, -0.1) is 0 Å². The molecule has 0 fully saturated rings. The lowest BCUT2D eigenvalue weighted by atomic mass is 9.92. The normalized spacial score (nSPS) is 12.1. The minimum Gasteiger partial charge on any atom is -0.340 e. The van der Waals surface area contributed by atoms with Gasteiger partial charge in [0.2, 0.25) is 0 Å². The van der Waals surface area contributed by atoms with Crippen LogP contribution < -0.4 is 0 Å². The van der Waals surface area contributed by atoms with Gasteiger partial charge in [-0.1, -0.05) is 182 Å². The molecule has 0 spiro atoms. The Morgan fingerprint density at radius 3 is 0.913 bits per heavy atom. The van der Waals surface area contributed by atoms with Gasteiger partial charge in [0, 0.05) is 62.3 Å². The van der Waals surface area contributed by atoms with E-state index in [9.17, 15) is 0 Å². The van der Waals surface area contributed by atoms with Crippen molar-refractivity contribution in [3.63, 3.8) is 0 Å². The molecule has 3 heterocycles. The third-order valence-electron chi connectivity index (χ3n) is 14.1. The summed E-state index contributed by atoms with van der Waals surface area (Å²) in [6.07, 6.45) is 9.78. The highest BCUT2D eigenvalue weighted by Crippen LogP contribution is 2.36. The predicted molar refractivity (Wildman–Crippen MR) is 295 cm³/mol. The number of rotatable bonds is 10. The van der Waals surface area contributed by atoms with Crippen LogP contribution >= 0.6 is 0 Å². The Labute approximate surface area is 401 Å². The van der Waals surface area contributed by atoms with Gasteiger partial charge in [-0.25, -0.2) is 0 Å². The number of aryl methyl sites for hydroxylation is 2. The summed E-state index contributed by atoms with van der Waals surface area (Å²) in [7, 11) is 0. The van der Waals surface area contributed by atoms with Crippen molar-refractivity contribution < 1.29 is 0 Å². The van der Waals surface area contributed by atoms with Crippen molar-refractivity contribution in [3.05, 3.63) is 253 Å². The quantitative estimate of drug-likeness (QED) is 0.130. The SMILES string of the molecule is C(=C\n1c2ccccc2c2ccccc21)/c1ccc(-c2cc(-c3ccc(/C=C/n4c5ccccc5c5ccccc54)cc3)cc(-c3ccc(CCn4c5ccccc5c5ccccc54)cc3)c2)cc1. The summed E-state index contributed by atoms with van der Waals surface area (Å²) in [4.78, 5) is 0. The van der Waals surface area contributed by atoms with Crippen molar-refractivity contribution in [1.29, 1.82) is 0 Å². The molecule has 10 aromatic carbocycles. The monoisotopic (exact) mass is 881 g/mol. The van der Waals surface area contributed by atoms with E-state index in [0.29, 0.717) is 0 Å². The van der Waals surface area contributed by atoms with E-state index < -0.39 is 0 Å². The molecule has 0 radical (unpaired) electrons. The number of fused-ring (bicyclic) bond motifs is 9. The topological polar surface area (TPSA) is 14.8 Å². The van der Waals surface area contributed by atoms with Crippen molar-refractivity contribution in [2.45, 2.75) is 13.0 Å². The Balaban J connectivity index is 0.823. The minimum absolute atomic E-state index is 0.917. The van der Waals surface area contributed by atoms with Crippen LogP contribution in [0.4, 0.5) is 0 Å². The molecule has 0 atom stereocenters. The largest absolute Gasteiger partial charge is 0.340 e. The predicted octanol–water partition coefficient (Wildman–Crippen LogP) is 17.5. The molecule has 326 valence electrons. The second-order valence-corrected chi connectivity index (χ2v) is 18.1. The van der Waals surface area contributed by atoms with Gasteiger partial charge in [0.25, 0.3) is 0 Å². The fourth-order valence-electron chi connectivity index (χ4n) is 10.6. The average Bonchev–Trinajstić information content (AvgIpc) is 4.04. The average molecular weight is 882 g/mol. The molecule has 0 amide bonds. The Kier molecular flexibility index (Phi) is 9.98. The number of aromatic nitrogens is 3. The van der Waals surface area contributed by atoms with Crippen molar-refractivity contribution in [1.82, 2.24) is 13.7 Å². The summed E-state index contributed by atoms with van der Waals surface area (Å²) in [5.41, 5.74) is 18.2. The molecule has 0 aliphatic carbocycles. The summed E-state index contributed by atoms with van der Waals surface area (Å²) >= 11 is 0. The van der Waals surface area contributed by atoms with Gasteiger partial charge in [-0.3, -0.25) is 0 Å². The zero-order chi connectivity index (χ0) is 45.7. The Hall–Kier alpha value is -8.92. The summed E-state index contributed by atoms with van der Waals surface area (Å²) in [6, 6.07) is 86.4. The minimum atomic E-state index is 0.917. The van der Waals surface area contributed by atoms with E-state index in [1.807, 2.05) is 0 Å². The molecule has 3 nitrogen and oxygen atoms in total. The van der Waals surface area contributed by atoms with Crippen LogP contribution in [0.15, 0.2) is 237 Å². The highest BCUT2D eigenvalue weighted by atomic mass is 15.0. The van der Waals surface area contributed by atoms with Gasteiger partial charge in [0.05, 0.1) is 22.1 Å². The second kappa shape index (κ2) is 17.1. The van der Waals surface area contributed by atoms with E-state index in [1.54, 1.807) is 0 Å². The van der Waals surface area contributed by atoms with Crippen LogP contribution in [0.1, 0.15) is 16.7 Å². The molecule has 0 aliphatic rings. The molecule has 0 bridgehead atoms. The van der Waals surface area contributed by atoms with E-state index >= 15 is 0 Å². The number of nitrogens with zero attached hydrogens (tertiary/aromatic N) is 3. The highest BCUT2D eigenvalue weighted by molar-refractivity contribution is 6.11. The van der Waals surface area contributed by atoms with Gasteiger partial charge in [0.1, 0.15) is 0 Å². The number of benzene rings is 10. The molecule has 0 unspecified atom stereocenters. The fourth-order valence-corrected chi connectivity index (χ4v) is 10.6. The number of hydrogen-bond acceptors (Lipinski definition) is 0. The van der Waals surface area contributed by atoms with Gasteiger partial charge in [-0.05, 0) is 123 Å². The maximum Gasteiger partial charge on any atom is 0.0534 e. The molecule has 13 aromatic rings. The Bertz CT molecular complexity index is 3750. The van der Waals surface area contributed by atoms with Gasteiger partial charge in [-0.2, -0.15) is 0 Å². The van der Waals surface area contributed by atoms with Crippen LogP contribution in [0, 0.1) is 0 Å². The molecule has 3 aromatic heterocycles. The van der Waals surface area contributed by atoms with Gasteiger partial charge < -0.3 is 13.7 Å². The second-order valence-electron chi connectivity index (χ2n) is 18.1. The zero-order valence-electron chi connectivity index (χ0n) is 38.1. The van der Waals surface area contributed by atoms with E-state index in [2.05, 4.69) is 275 Å². The van der Waals surface area contributed by atoms with Crippen molar-refractivity contribution in [2.24, 2.45) is 0 Å². The Morgan fingerprint density at radius 2 is 0.565 bits per heavy atom. The lowest BCUT2D eigenvalue weighted by Crippen LogP contribution is -2.01. The Morgan fingerprint density at radius 1 is 0.275 bits per heavy atom. The summed E-state index contributed by atoms with van der Waals surface area (Å²) in [6.45, 7) is 0.917. The maximum atomic E-state index is 2.48. The van der Waals surface area contributed by atoms with Crippen LogP contribution in [0.3, 0.4) is 0 Å². The van der Waals surface area contributed by atoms with Crippen molar-refractivity contribution in [2.75, 3.05) is 0 Å². The van der Waals surface area contributed by atoms with Crippen LogP contribution in [0.5, 0.6) is 0 Å². The molecule has 0 aliphatic heterocycles. The third-order valence-corrected chi connectivity index (χ3v) is 14.1. The molecular formula is C66H47N3. The first-order valence-corrected chi connectivity index (χ1v) is 23.9. The van der Waals surface area contributed by atoms with Crippen LogP contribution in [-0.4, -0.2) is 13.7 Å². The van der Waals surface area contributed by atoms with Crippen LogP contribution in [0.2, 0.25) is 0 Å². The molecule has 0 saturated heterocycles. The molecule has 69 heavy (non-hydrogen) atoms. The smallest absolute Gasteiger partial charge is 0.0534 e. The first-order chi connectivity index (χ1) is 34.2. The van der Waals surface area contributed by atoms with E-state index in [-0.39, 0.29) is 0 Å². The molecule has 3 heteroatoms. The van der Waals surface area contributed by atoms with Gasteiger partial charge in [0.15, 0.2) is 0 Å². The van der Waals surface area contributed by atoms with Crippen LogP contribution in [-0.2, 0) is 13.0 Å². The molecular weight excluding hydrogens is 835 g/mol. The molecule has 13 rings (SSSR count). The fraction of sp³-hybridized carbons (Fsp3) is 0.0303. The lowest BCUT2D eigenvalue weighted by molar-refractivity contribution is 0.745. The van der Waals surface area contributed by atoms with E-state index in [4.69, 9.17) is 0 Å². The lowest BCUT2D eigenvalue weighted by Gasteiger charge is -2.13.